The zero-order valence-electron chi connectivity index (χ0n) is 83.2. The fourth-order valence-corrected chi connectivity index (χ4v) is 41.7. The molecular formula is C121H114Br2Cl4N11NaO4. The van der Waals surface area contributed by atoms with Gasteiger partial charge in [-0.1, -0.05) is 170 Å². The smallest absolute Gasteiger partial charge is 0.496 e. The molecule has 0 saturated carbocycles. The van der Waals surface area contributed by atoms with Crippen molar-refractivity contribution in [3.63, 3.8) is 0 Å². The van der Waals surface area contributed by atoms with Gasteiger partial charge in [0.2, 0.25) is 0 Å². The van der Waals surface area contributed by atoms with E-state index in [4.69, 9.17) is 87.5 Å². The third-order valence-corrected chi connectivity index (χ3v) is 44.2. The minimum atomic E-state index is -1.61. The second-order valence-electron chi connectivity index (χ2n) is 47.8. The molecule has 22 aliphatic carbocycles. The van der Waals surface area contributed by atoms with Gasteiger partial charge in [0.1, 0.15) is 23.0 Å². The average Bonchev–Trinajstić information content (AvgIpc) is 1.44. The first-order chi connectivity index (χ1) is 69.1. The summed E-state index contributed by atoms with van der Waals surface area (Å²) < 4.78 is 21.5. The van der Waals surface area contributed by atoms with Gasteiger partial charge in [0.15, 0.2) is 0 Å². The molecule has 720 valence electrons. The standard InChI is InChI=1S/C90H76N2O.C10H12Br2O.C10H12N6O.C10H14O.CCl4.N3.Na/c1-27-23-28(25-91-48-21-19-44-42-13-11-36-34-5-3-30-32-7-9-38-40-15-17-46(48)64-62(40)72-56(38)54(32)68-50(30)52(34)70-58(36)60(42)74-66(44)88(91)86(64)84-80(72)76(68)78(70)82(74)84)90(93-2)29(24-27)26-92-49-22-20-45-43-14-12-37-35-6-4-31-33-8-10-39-41-16-18-47(49)65-63(41)73-57(39)55(33)69-51(31)53(35)71-59(37)61(43)75-67(45)89(92)87(65)85-81(73)77(69)79(71)83(75)85;1-7-3-8(5-11)10(13-2)9(4-7)6-12;1-7-3-8(5-13-15-11)10(17-2)9(4-7)6-14-16-12;1-7-5-8(2)10(11-4)9(3)6-7;2-1(3,4)5;1-3-2;/h23-24,30-49,84-87H,3-22,25-26H2,1-2H3;3-4H,5-6H2,1-2H3;3-4H,5-6H2,1-2H3;5-6H,1-4H3;;;/q;;;;;-1;+1. The molecule has 24 unspecified atom stereocenters. The summed E-state index contributed by atoms with van der Waals surface area (Å²) in [6.45, 7) is 15.2. The molecule has 36 rings (SSSR count). The third kappa shape index (κ3) is 10.9. The summed E-state index contributed by atoms with van der Waals surface area (Å²) in [5.74, 6) is 19.5. The second-order valence-corrected chi connectivity index (χ2v) is 52.3. The SMILES string of the molecule is COc1c(C)cc(C)cc1C.COc1c(CBr)cc(C)cc1CBr.COc1c(CN2C3=C4c5c6c7c8c9c%10c%11c%12c%13c%14c%15c%11c8c5C%15C3C3=C%14C5CCC3C2CCC4C6CCC7C9CCC%10C%12CCC%135)cc(C)cc1CN1C2=C3c4c5c6c7c8c9c%10c%11c%12c%13c%14c%10c7c4C%14C2C2=C%13C4CCC2C1CCC3C5CCC6C8CCC9C%11CCC%124.COc1c(CN=[N+]=[N-])cc(C)cc1CN=[N+]=[N-].ClC(Cl)(Cl)Cl.[N-]=[N+]=[N-].[Na+]. The minimum Gasteiger partial charge on any atom is -0.496 e. The van der Waals surface area contributed by atoms with E-state index in [9.17, 15) is 0 Å². The summed E-state index contributed by atoms with van der Waals surface area (Å²) in [5.41, 5.74) is 99.4. The maximum absolute atomic E-state index is 8.32. The van der Waals surface area contributed by atoms with Gasteiger partial charge in [-0.25, -0.2) is 0 Å². The van der Waals surface area contributed by atoms with Gasteiger partial charge >= 0.3 is 29.6 Å². The van der Waals surface area contributed by atoms with Crippen molar-refractivity contribution in [2.75, 3.05) is 28.4 Å². The Hall–Kier alpha value is -7.95. The molecule has 2 fully saturated rings. The number of benzene rings is 10. The molecule has 0 spiro atoms. The number of hydrogen-bond acceptors (Lipinski definition) is 8. The van der Waals surface area contributed by atoms with Crippen LogP contribution >= 0.6 is 78.3 Å². The van der Waals surface area contributed by atoms with Gasteiger partial charge in [0.05, 0.1) is 41.5 Å². The first kappa shape index (κ1) is 90.2. The Morgan fingerprint density at radius 3 is 0.846 bits per heavy atom. The first-order valence-corrected chi connectivity index (χ1v) is 57.3. The first-order valence-electron chi connectivity index (χ1n) is 53.6. The van der Waals surface area contributed by atoms with Crippen LogP contribution in [0.3, 0.4) is 0 Å². The van der Waals surface area contributed by atoms with Crippen LogP contribution in [0, 0.1) is 88.9 Å². The van der Waals surface area contributed by atoms with Crippen molar-refractivity contribution in [1.82, 2.24) is 9.80 Å². The summed E-state index contributed by atoms with van der Waals surface area (Å²) in [6, 6.07) is 18.8. The molecule has 22 heteroatoms. The number of aryl methyl sites for hydroxylation is 6. The van der Waals surface area contributed by atoms with Gasteiger partial charge < -0.3 is 39.8 Å². The molecule has 10 aromatic rings. The van der Waals surface area contributed by atoms with Gasteiger partial charge in [0.25, 0.3) is 3.25 Å². The number of methoxy groups -OCH3 is 4. The number of fused-ring (bicyclic) bond motifs is 12. The van der Waals surface area contributed by atoms with Crippen molar-refractivity contribution < 1.29 is 48.5 Å². The summed E-state index contributed by atoms with van der Waals surface area (Å²) in [6.07, 6.45) is 28.7. The number of ether oxygens (including phenoxy) is 4. The molecule has 0 N–H and O–H groups in total. The maximum Gasteiger partial charge on any atom is 1.00 e. The monoisotopic (exact) mass is 2110 g/mol. The number of halogens is 6. The minimum absolute atomic E-state index is 0. The van der Waals surface area contributed by atoms with Crippen molar-refractivity contribution in [1.29, 1.82) is 0 Å². The number of piperidine rings is 2. The van der Waals surface area contributed by atoms with E-state index in [-0.39, 0.29) is 42.6 Å². The van der Waals surface area contributed by atoms with E-state index in [1.807, 2.05) is 218 Å². The summed E-state index contributed by atoms with van der Waals surface area (Å²) in [4.78, 5) is 13.5. The van der Waals surface area contributed by atoms with Crippen LogP contribution in [0.15, 0.2) is 81.3 Å². The summed E-state index contributed by atoms with van der Waals surface area (Å²) in [5, 5.41) is 23.9. The Morgan fingerprint density at radius 2 is 0.545 bits per heavy atom. The van der Waals surface area contributed by atoms with Crippen LogP contribution in [-0.4, -0.2) is 53.6 Å². The Morgan fingerprint density at radius 1 is 0.308 bits per heavy atom. The molecule has 0 aromatic heterocycles. The van der Waals surface area contributed by atoms with E-state index in [2.05, 4.69) is 140 Å². The molecule has 15 nitrogen and oxygen atoms in total. The molecule has 24 atom stereocenters. The van der Waals surface area contributed by atoms with E-state index in [0.29, 0.717) is 65.2 Å². The fraction of sp³-hybridized carbons (Fsp3) is 0.504. The molecule has 10 aromatic carbocycles. The average molecular weight is 2110 g/mol. The van der Waals surface area contributed by atoms with Crippen LogP contribution in [0.4, 0.5) is 0 Å². The van der Waals surface area contributed by atoms with Crippen molar-refractivity contribution in [3.8, 4) is 23.0 Å². The number of alkyl halides is 6. The Balaban J connectivity index is 0.000000159. The second kappa shape index (κ2) is 31.4. The van der Waals surface area contributed by atoms with Crippen molar-refractivity contribution in [2.24, 2.45) is 57.6 Å². The molecule has 143 heavy (non-hydrogen) atoms. The number of azide groups is 2. The van der Waals surface area contributed by atoms with Gasteiger partial charge in [-0.3, -0.25) is 4.91 Å². The normalized spacial score (nSPS) is 31.6. The van der Waals surface area contributed by atoms with Crippen molar-refractivity contribution >= 4 is 144 Å². The predicted molar refractivity (Wildman–Crippen MR) is 574 cm³/mol. The molecule has 4 aliphatic heterocycles. The molecule has 0 radical (unpaired) electrons. The zero-order valence-corrected chi connectivity index (χ0v) is 91.4. The van der Waals surface area contributed by atoms with Crippen LogP contribution in [0.1, 0.15) is 389 Å². The molecule has 4 heterocycles. The van der Waals surface area contributed by atoms with E-state index >= 15 is 0 Å². The molecular weight excluding hydrogens is 2000 g/mol. The van der Waals surface area contributed by atoms with Gasteiger partial charge in [-0.15, -0.1) is 0 Å². The van der Waals surface area contributed by atoms with E-state index < -0.39 is 3.25 Å². The number of hydrogen-bond donors (Lipinski definition) is 0. The third-order valence-electron chi connectivity index (χ3n) is 43.0. The number of rotatable bonds is 14. The molecule has 2 saturated heterocycles. The Labute approximate surface area is 893 Å². The Kier molecular flexibility index (Phi) is 19.8. The largest absolute Gasteiger partial charge is 1.00 e. The fourth-order valence-electron chi connectivity index (χ4n) is 40.8. The van der Waals surface area contributed by atoms with E-state index in [0.717, 1.165) is 135 Å². The van der Waals surface area contributed by atoms with E-state index in [1.54, 1.807) is 14.2 Å². The van der Waals surface area contributed by atoms with Crippen LogP contribution in [0.5, 0.6) is 23.0 Å². The maximum atomic E-state index is 8.32. The van der Waals surface area contributed by atoms with Crippen LogP contribution in [-0.2, 0) is 36.8 Å². The van der Waals surface area contributed by atoms with Crippen LogP contribution in [0.25, 0.3) is 102 Å². The number of allylic oxidation sites excluding steroid dienone is 6. The molecule has 26 aliphatic rings. The van der Waals surface area contributed by atoms with E-state index in [1.165, 1.54) is 196 Å². The quantitative estimate of drug-likeness (QED) is 0.0259. The molecule has 0 amide bonds. The van der Waals surface area contributed by atoms with Crippen LogP contribution < -0.4 is 48.5 Å². The topological polar surface area (TPSA) is 200 Å². The Bertz CT molecular complexity index is 7590. The van der Waals surface area contributed by atoms with Gasteiger partial charge in [-0.2, -0.15) is 0 Å². The summed E-state index contributed by atoms with van der Waals surface area (Å²) in [7, 11) is 7.08. The summed E-state index contributed by atoms with van der Waals surface area (Å²) >= 11 is 26.2. The predicted octanol–water partition coefficient (Wildman–Crippen LogP) is 30.7. The van der Waals surface area contributed by atoms with Crippen molar-refractivity contribution in [2.45, 2.75) is 305 Å². The van der Waals surface area contributed by atoms with Crippen molar-refractivity contribution in [3.05, 3.63) is 286 Å². The van der Waals surface area contributed by atoms with Gasteiger partial charge in [-0.05, 0) is 463 Å². The van der Waals surface area contributed by atoms with Crippen LogP contribution in [0.2, 0.25) is 0 Å². The zero-order chi connectivity index (χ0) is 95.9. The number of nitrogens with zero attached hydrogens (tertiary/aromatic N) is 11. The van der Waals surface area contributed by atoms with Gasteiger partial charge in [0, 0.05) is 126 Å². The molecule has 4 bridgehead atoms.